The first-order valence-corrected chi connectivity index (χ1v) is 8.45. The molecule has 1 heterocycles. The lowest BCUT2D eigenvalue weighted by Gasteiger charge is -2.28. The number of halogens is 8. The maximum Gasteiger partial charge on any atom is 0.460 e. The molecule has 28 heavy (non-hydrogen) atoms. The first kappa shape index (κ1) is 22.9. The van der Waals surface area contributed by atoms with Crippen LogP contribution in [-0.2, 0) is 12.1 Å². The Morgan fingerprint density at radius 3 is 2.46 bits per heavy atom. The third-order valence-electron chi connectivity index (χ3n) is 4.30. The summed E-state index contributed by atoms with van der Waals surface area (Å²) in [4.78, 5) is 4.16. The summed E-state index contributed by atoms with van der Waals surface area (Å²) in [5.74, 6) is -12.0. The van der Waals surface area contributed by atoms with Gasteiger partial charge in [-0.15, -0.1) is 12.4 Å². The minimum Gasteiger partial charge on any atom is -0.487 e. The first-order valence-electron chi connectivity index (χ1n) is 7.57. The van der Waals surface area contributed by atoms with Crippen molar-refractivity contribution in [2.24, 2.45) is 4.99 Å². The molecule has 158 valence electrons. The monoisotopic (exact) mass is 454 g/mol. The van der Waals surface area contributed by atoms with Crippen LogP contribution in [-0.4, -0.2) is 47.2 Å². The number of ether oxygens (including phenoxy) is 1. The van der Waals surface area contributed by atoms with Crippen molar-refractivity contribution in [1.29, 1.82) is 0 Å². The Kier molecular flexibility index (Phi) is 5.83. The predicted molar refractivity (Wildman–Crippen MR) is 90.6 cm³/mol. The molecule has 13 heteroatoms. The minimum atomic E-state index is -6.40. The molecule has 2 N–H and O–H groups in total. The van der Waals surface area contributed by atoms with Gasteiger partial charge in [0.25, 0.3) is 0 Å². The number of nitrogens with one attached hydrogen (secondary N) is 1. The standard InChI is InChI=1S/C15H13F7N2O2S.ClH/c1-23-11-24-13(25)9-3-2-8(4-7(9)5-10(13)27-11)26-6-12(16,17)14(18,19)15(20,21)22;/h2-4,10,25H,5-6H2,1H3,(H,23,24);1H. The van der Waals surface area contributed by atoms with Gasteiger partial charge in [0.1, 0.15) is 5.75 Å². The summed E-state index contributed by atoms with van der Waals surface area (Å²) in [7, 11) is 1.63. The average molecular weight is 455 g/mol. The number of alkyl halides is 7. The fraction of sp³-hybridized carbons (Fsp3) is 0.533. The minimum absolute atomic E-state index is 0. The Balaban J connectivity index is 0.00000280. The summed E-state index contributed by atoms with van der Waals surface area (Å²) in [6, 6.07) is 3.66. The SMILES string of the molecule is CNC1=NC2(O)c3ccc(OCC(F)(F)C(F)(F)C(F)(F)F)cc3CC2S1.Cl. The van der Waals surface area contributed by atoms with Crippen molar-refractivity contribution in [2.75, 3.05) is 13.7 Å². The van der Waals surface area contributed by atoms with Crippen molar-refractivity contribution in [3.8, 4) is 5.75 Å². The number of hydrogen-bond acceptors (Lipinski definition) is 5. The van der Waals surface area contributed by atoms with Crippen LogP contribution in [0.2, 0.25) is 0 Å². The molecule has 0 amide bonds. The van der Waals surface area contributed by atoms with Crippen molar-refractivity contribution < 1.29 is 40.6 Å². The van der Waals surface area contributed by atoms with Crippen LogP contribution in [0.5, 0.6) is 5.75 Å². The van der Waals surface area contributed by atoms with E-state index in [2.05, 4.69) is 15.0 Å². The number of aliphatic hydroxyl groups is 1. The van der Waals surface area contributed by atoms with Crippen LogP contribution < -0.4 is 10.1 Å². The van der Waals surface area contributed by atoms with Crippen LogP contribution >= 0.6 is 24.2 Å². The molecule has 0 radical (unpaired) electrons. The van der Waals surface area contributed by atoms with Gasteiger partial charge in [0.05, 0.1) is 5.25 Å². The van der Waals surface area contributed by atoms with Crippen LogP contribution in [0.4, 0.5) is 30.7 Å². The maximum atomic E-state index is 13.3. The highest BCUT2D eigenvalue weighted by atomic mass is 35.5. The fourth-order valence-corrected chi connectivity index (χ4v) is 4.05. The maximum absolute atomic E-state index is 13.3. The highest BCUT2D eigenvalue weighted by Crippen LogP contribution is 2.50. The van der Waals surface area contributed by atoms with E-state index in [0.29, 0.717) is 16.3 Å². The third-order valence-corrected chi connectivity index (χ3v) is 5.60. The average Bonchev–Trinajstić information content (AvgIpc) is 3.01. The molecule has 0 bridgehead atoms. The van der Waals surface area contributed by atoms with Gasteiger partial charge in [0.2, 0.25) is 0 Å². The van der Waals surface area contributed by atoms with Crippen LogP contribution in [0, 0.1) is 0 Å². The molecule has 2 atom stereocenters. The molecule has 1 aliphatic heterocycles. The molecule has 1 aliphatic carbocycles. The molecular weight excluding hydrogens is 441 g/mol. The number of aliphatic imine (C=N–C) groups is 1. The van der Waals surface area contributed by atoms with E-state index in [1.807, 2.05) is 0 Å². The summed E-state index contributed by atoms with van der Waals surface area (Å²) in [6.07, 6.45) is -6.11. The lowest BCUT2D eigenvalue weighted by molar-refractivity contribution is -0.358. The molecule has 1 aromatic carbocycles. The van der Waals surface area contributed by atoms with E-state index < -0.39 is 30.4 Å². The largest absolute Gasteiger partial charge is 0.487 e. The highest BCUT2D eigenvalue weighted by molar-refractivity contribution is 8.14. The van der Waals surface area contributed by atoms with E-state index >= 15 is 0 Å². The van der Waals surface area contributed by atoms with Gasteiger partial charge in [-0.2, -0.15) is 30.7 Å². The first-order chi connectivity index (χ1) is 12.3. The van der Waals surface area contributed by atoms with Gasteiger partial charge in [-0.25, -0.2) is 4.99 Å². The normalized spacial score (nSPS) is 24.2. The Bertz CT molecular complexity index is 790. The lowest BCUT2D eigenvalue weighted by atomic mass is 10.1. The topological polar surface area (TPSA) is 53.9 Å². The van der Waals surface area contributed by atoms with Crippen molar-refractivity contribution in [2.45, 2.75) is 35.4 Å². The zero-order valence-corrected chi connectivity index (χ0v) is 15.6. The number of benzene rings is 1. The van der Waals surface area contributed by atoms with Crippen molar-refractivity contribution >= 4 is 29.3 Å². The van der Waals surface area contributed by atoms with E-state index in [9.17, 15) is 35.8 Å². The molecular formula is C15H14ClF7N2O2S. The van der Waals surface area contributed by atoms with Gasteiger partial charge >= 0.3 is 18.0 Å². The van der Waals surface area contributed by atoms with Gasteiger partial charge in [-0.3, -0.25) is 0 Å². The predicted octanol–water partition coefficient (Wildman–Crippen LogP) is 3.71. The Morgan fingerprint density at radius 2 is 1.89 bits per heavy atom. The number of fused-ring (bicyclic) bond motifs is 3. The van der Waals surface area contributed by atoms with Gasteiger partial charge < -0.3 is 15.2 Å². The van der Waals surface area contributed by atoms with Crippen LogP contribution in [0.3, 0.4) is 0 Å². The second-order valence-electron chi connectivity index (χ2n) is 6.09. The van der Waals surface area contributed by atoms with E-state index in [4.69, 9.17) is 0 Å². The van der Waals surface area contributed by atoms with E-state index in [0.717, 1.165) is 6.07 Å². The quantitative estimate of drug-likeness (QED) is 0.681. The van der Waals surface area contributed by atoms with Crippen LogP contribution in [0.15, 0.2) is 23.2 Å². The molecule has 0 spiro atoms. The molecule has 0 saturated carbocycles. The van der Waals surface area contributed by atoms with Crippen molar-refractivity contribution in [1.82, 2.24) is 5.32 Å². The Hall–Kier alpha value is -1.40. The fourth-order valence-electron chi connectivity index (χ4n) is 2.86. The summed E-state index contributed by atoms with van der Waals surface area (Å²) in [5, 5.41) is 13.6. The smallest absolute Gasteiger partial charge is 0.460 e. The lowest BCUT2D eigenvalue weighted by Crippen LogP contribution is -2.54. The molecule has 0 saturated heterocycles. The van der Waals surface area contributed by atoms with Crippen molar-refractivity contribution in [3.05, 3.63) is 29.3 Å². The third kappa shape index (κ3) is 3.50. The molecule has 0 fully saturated rings. The van der Waals surface area contributed by atoms with E-state index in [1.165, 1.54) is 23.9 Å². The number of rotatable bonds is 4. The molecule has 1 aromatic rings. The zero-order valence-electron chi connectivity index (χ0n) is 14.0. The van der Waals surface area contributed by atoms with Gasteiger partial charge in [0, 0.05) is 12.6 Å². The van der Waals surface area contributed by atoms with Crippen molar-refractivity contribution in [3.63, 3.8) is 0 Å². The second-order valence-corrected chi connectivity index (χ2v) is 7.28. The van der Waals surface area contributed by atoms with Crippen LogP contribution in [0.1, 0.15) is 11.1 Å². The van der Waals surface area contributed by atoms with Gasteiger partial charge in [-0.05, 0) is 24.1 Å². The number of amidine groups is 1. The Labute approximate surface area is 164 Å². The number of thioether (sulfide) groups is 1. The van der Waals surface area contributed by atoms with Gasteiger partial charge in [0.15, 0.2) is 17.5 Å². The summed E-state index contributed by atoms with van der Waals surface area (Å²) in [5.41, 5.74) is -0.647. The van der Waals surface area contributed by atoms with Gasteiger partial charge in [-0.1, -0.05) is 17.8 Å². The summed E-state index contributed by atoms with van der Waals surface area (Å²) in [6.45, 7) is -2.15. The van der Waals surface area contributed by atoms with E-state index in [1.54, 1.807) is 7.05 Å². The molecule has 2 unspecified atom stereocenters. The molecule has 2 aliphatic rings. The van der Waals surface area contributed by atoms with E-state index in [-0.39, 0.29) is 29.8 Å². The number of nitrogens with zero attached hydrogens (tertiary/aromatic N) is 1. The van der Waals surface area contributed by atoms with Crippen LogP contribution in [0.25, 0.3) is 0 Å². The zero-order chi connectivity index (χ0) is 20.3. The molecule has 4 nitrogen and oxygen atoms in total. The highest BCUT2D eigenvalue weighted by Gasteiger charge is 2.73. The second kappa shape index (κ2) is 7.13. The molecule has 3 rings (SSSR count). The number of hydrogen-bond donors (Lipinski definition) is 2. The Morgan fingerprint density at radius 1 is 1.25 bits per heavy atom. The summed E-state index contributed by atoms with van der Waals surface area (Å²) < 4.78 is 93.4. The summed E-state index contributed by atoms with van der Waals surface area (Å²) >= 11 is 1.27. The molecule has 0 aromatic heterocycles.